The average molecular weight is 198 g/mol. The van der Waals surface area contributed by atoms with Crippen molar-refractivity contribution in [1.29, 1.82) is 5.26 Å². The fourth-order valence-corrected chi connectivity index (χ4v) is 2.23. The van der Waals surface area contributed by atoms with Gasteiger partial charge in [-0.05, 0) is 26.2 Å². The summed E-state index contributed by atoms with van der Waals surface area (Å²) in [5.41, 5.74) is -0.530. The van der Waals surface area contributed by atoms with Gasteiger partial charge in [-0.3, -0.25) is 4.79 Å². The van der Waals surface area contributed by atoms with E-state index in [4.69, 9.17) is 16.9 Å². The molecule has 0 aliphatic heterocycles. The van der Waals surface area contributed by atoms with Crippen molar-refractivity contribution >= 4 is 17.4 Å². The first-order valence-electron chi connectivity index (χ1n) is 4.37. The van der Waals surface area contributed by atoms with E-state index in [1.54, 1.807) is 6.92 Å². The number of ketones is 1. The summed E-state index contributed by atoms with van der Waals surface area (Å²) in [6.07, 6.45) is 4.46. The van der Waals surface area contributed by atoms with Gasteiger partial charge in [-0.15, -0.1) is 0 Å². The molecule has 1 atom stereocenters. The number of hydrogen-bond acceptors (Lipinski definition) is 2. The van der Waals surface area contributed by atoms with Crippen molar-refractivity contribution in [1.82, 2.24) is 0 Å². The summed E-state index contributed by atoms with van der Waals surface area (Å²) >= 11 is 6.00. The van der Waals surface area contributed by atoms with Gasteiger partial charge in [0.2, 0.25) is 0 Å². The van der Waals surface area contributed by atoms with E-state index in [9.17, 15) is 4.79 Å². The number of carbonyl (C=O) groups is 1. The van der Waals surface area contributed by atoms with Gasteiger partial charge in [-0.1, -0.05) is 17.7 Å². The van der Waals surface area contributed by atoms with Gasteiger partial charge in [0.25, 0.3) is 0 Å². The second-order valence-electron chi connectivity index (χ2n) is 3.39. The van der Waals surface area contributed by atoms with Crippen LogP contribution in [0.3, 0.4) is 0 Å². The minimum atomic E-state index is -0.530. The van der Waals surface area contributed by atoms with Crippen LogP contribution in [0, 0.1) is 16.7 Å². The van der Waals surface area contributed by atoms with E-state index in [1.807, 2.05) is 6.08 Å². The molecular formula is C10H12ClNO. The van der Waals surface area contributed by atoms with Crippen molar-refractivity contribution in [2.24, 2.45) is 5.41 Å². The molecule has 1 unspecified atom stereocenters. The Hall–Kier alpha value is -0.810. The quantitative estimate of drug-likeness (QED) is 0.698. The van der Waals surface area contributed by atoms with Gasteiger partial charge in [0, 0.05) is 11.5 Å². The smallest absolute Gasteiger partial charge is 0.141 e. The van der Waals surface area contributed by atoms with E-state index in [-0.39, 0.29) is 5.78 Å². The summed E-state index contributed by atoms with van der Waals surface area (Å²) in [7, 11) is 0. The minimum absolute atomic E-state index is 0.0847. The van der Waals surface area contributed by atoms with Gasteiger partial charge < -0.3 is 0 Å². The van der Waals surface area contributed by atoms with Gasteiger partial charge in [0.1, 0.15) is 5.78 Å². The third-order valence-corrected chi connectivity index (χ3v) is 3.21. The van der Waals surface area contributed by atoms with Crippen molar-refractivity contribution in [2.75, 3.05) is 0 Å². The molecule has 0 saturated heterocycles. The number of nitrogens with zero attached hydrogens (tertiary/aromatic N) is 1. The van der Waals surface area contributed by atoms with Crippen LogP contribution < -0.4 is 0 Å². The van der Waals surface area contributed by atoms with Crippen molar-refractivity contribution in [2.45, 2.75) is 32.6 Å². The summed E-state index contributed by atoms with van der Waals surface area (Å²) < 4.78 is 0. The molecule has 0 saturated carbocycles. The molecule has 0 aromatic rings. The lowest BCUT2D eigenvalue weighted by Crippen LogP contribution is -2.27. The molecule has 1 rings (SSSR count). The molecule has 0 fully saturated rings. The predicted molar refractivity (Wildman–Crippen MR) is 51.1 cm³/mol. The highest BCUT2D eigenvalue weighted by molar-refractivity contribution is 6.32. The van der Waals surface area contributed by atoms with Crippen LogP contribution in [0.15, 0.2) is 11.1 Å². The maximum absolute atomic E-state index is 11.4. The fraction of sp³-hybridized carbons (Fsp3) is 0.600. The summed E-state index contributed by atoms with van der Waals surface area (Å²) in [6, 6.07) is 2.06. The molecule has 1 aliphatic rings. The standard InChI is InChI=1S/C10H12ClNO/c1-8(13)10(6-3-7-12)5-2-4-9(10)11/h4H,2-3,5-6H2,1H3. The maximum atomic E-state index is 11.4. The lowest BCUT2D eigenvalue weighted by molar-refractivity contribution is -0.124. The number of hydrogen-bond donors (Lipinski definition) is 0. The van der Waals surface area contributed by atoms with Crippen LogP contribution >= 0.6 is 11.6 Å². The van der Waals surface area contributed by atoms with Crippen LogP contribution in [-0.2, 0) is 4.79 Å². The molecule has 0 aromatic heterocycles. The topological polar surface area (TPSA) is 40.9 Å². The third kappa shape index (κ3) is 1.76. The lowest BCUT2D eigenvalue weighted by Gasteiger charge is -2.25. The van der Waals surface area contributed by atoms with E-state index in [1.165, 1.54) is 0 Å². The summed E-state index contributed by atoms with van der Waals surface area (Å²) in [5.74, 6) is 0.0847. The Balaban J connectivity index is 2.84. The summed E-state index contributed by atoms with van der Waals surface area (Å²) in [4.78, 5) is 11.4. The molecule has 0 spiro atoms. The number of carbonyl (C=O) groups excluding carboxylic acids is 1. The van der Waals surface area contributed by atoms with E-state index >= 15 is 0 Å². The Morgan fingerprint density at radius 3 is 2.92 bits per heavy atom. The van der Waals surface area contributed by atoms with Crippen LogP contribution in [-0.4, -0.2) is 5.78 Å². The Bertz CT molecular complexity index is 290. The zero-order valence-electron chi connectivity index (χ0n) is 7.64. The zero-order valence-corrected chi connectivity index (χ0v) is 8.40. The Morgan fingerprint density at radius 2 is 2.54 bits per heavy atom. The van der Waals surface area contributed by atoms with E-state index in [2.05, 4.69) is 6.07 Å². The first kappa shape index (κ1) is 10.3. The molecule has 0 amide bonds. The molecule has 2 nitrogen and oxygen atoms in total. The minimum Gasteiger partial charge on any atom is -0.299 e. The molecular weight excluding hydrogens is 186 g/mol. The van der Waals surface area contributed by atoms with E-state index < -0.39 is 5.41 Å². The van der Waals surface area contributed by atoms with Crippen molar-refractivity contribution in [3.05, 3.63) is 11.1 Å². The second kappa shape index (κ2) is 3.93. The number of halogens is 1. The van der Waals surface area contributed by atoms with Crippen LogP contribution in [0.2, 0.25) is 0 Å². The van der Waals surface area contributed by atoms with Crippen molar-refractivity contribution < 1.29 is 4.79 Å². The van der Waals surface area contributed by atoms with Gasteiger partial charge >= 0.3 is 0 Å². The molecule has 3 heteroatoms. The monoisotopic (exact) mass is 197 g/mol. The molecule has 0 radical (unpaired) electrons. The highest BCUT2D eigenvalue weighted by Crippen LogP contribution is 2.45. The van der Waals surface area contributed by atoms with Crippen molar-refractivity contribution in [3.63, 3.8) is 0 Å². The maximum Gasteiger partial charge on any atom is 0.141 e. The first-order chi connectivity index (χ1) is 6.13. The third-order valence-electron chi connectivity index (χ3n) is 2.69. The van der Waals surface area contributed by atoms with Gasteiger partial charge in [-0.25, -0.2) is 0 Å². The van der Waals surface area contributed by atoms with Gasteiger partial charge in [0.05, 0.1) is 11.5 Å². The van der Waals surface area contributed by atoms with Crippen LogP contribution in [0.25, 0.3) is 0 Å². The van der Waals surface area contributed by atoms with Gasteiger partial charge in [0.15, 0.2) is 0 Å². The molecule has 13 heavy (non-hydrogen) atoms. The zero-order chi connectivity index (χ0) is 9.90. The summed E-state index contributed by atoms with van der Waals surface area (Å²) in [5, 5.41) is 9.12. The molecule has 0 heterocycles. The number of allylic oxidation sites excluding steroid dienone is 2. The Kier molecular flexibility index (Phi) is 3.11. The van der Waals surface area contributed by atoms with E-state index in [0.717, 1.165) is 12.8 Å². The Labute approximate surface area is 83.2 Å². The summed E-state index contributed by atoms with van der Waals surface area (Å²) in [6.45, 7) is 1.55. The lowest BCUT2D eigenvalue weighted by atomic mass is 9.79. The Morgan fingerprint density at radius 1 is 1.85 bits per heavy atom. The molecule has 0 N–H and O–H groups in total. The highest BCUT2D eigenvalue weighted by atomic mass is 35.5. The molecule has 70 valence electrons. The highest BCUT2D eigenvalue weighted by Gasteiger charge is 2.40. The first-order valence-corrected chi connectivity index (χ1v) is 4.75. The van der Waals surface area contributed by atoms with Crippen LogP contribution in [0.1, 0.15) is 32.6 Å². The molecule has 1 aliphatic carbocycles. The number of Topliss-reactive ketones (excluding diaryl/α,β-unsaturated/α-hetero) is 1. The largest absolute Gasteiger partial charge is 0.299 e. The second-order valence-corrected chi connectivity index (χ2v) is 3.79. The number of nitriles is 1. The average Bonchev–Trinajstić information content (AvgIpc) is 2.45. The van der Waals surface area contributed by atoms with Crippen molar-refractivity contribution in [3.8, 4) is 6.07 Å². The normalized spacial score (nSPS) is 26.7. The number of rotatable bonds is 3. The molecule has 0 bridgehead atoms. The van der Waals surface area contributed by atoms with Gasteiger partial charge in [-0.2, -0.15) is 5.26 Å². The van der Waals surface area contributed by atoms with E-state index in [0.29, 0.717) is 17.9 Å². The SMILES string of the molecule is CC(=O)C1(CCC#N)CCC=C1Cl. The fourth-order valence-electron chi connectivity index (χ4n) is 1.79. The van der Waals surface area contributed by atoms with Crippen LogP contribution in [0.4, 0.5) is 0 Å². The van der Waals surface area contributed by atoms with Crippen LogP contribution in [0.5, 0.6) is 0 Å². The predicted octanol–water partition coefficient (Wildman–Crippen LogP) is 2.78. The molecule has 0 aromatic carbocycles.